The number of Topliss-reactive ketones (excluding diaryl/α,β-unsaturated/α-hetero) is 1. The molecule has 4 heterocycles. The first-order chi connectivity index (χ1) is 21.2. The van der Waals surface area contributed by atoms with Crippen molar-refractivity contribution in [2.24, 2.45) is 29.6 Å². The Morgan fingerprint density at radius 1 is 1.11 bits per heavy atom. The second-order valence-electron chi connectivity index (χ2n) is 13.4. The van der Waals surface area contributed by atoms with Gasteiger partial charge >= 0.3 is 11.9 Å². The number of nitrogens with zero attached hydrogens (tertiary/aromatic N) is 3. The van der Waals surface area contributed by atoms with Gasteiger partial charge in [0.25, 0.3) is 0 Å². The van der Waals surface area contributed by atoms with Gasteiger partial charge in [-0.15, -0.1) is 11.8 Å². The van der Waals surface area contributed by atoms with E-state index in [0.717, 1.165) is 11.3 Å². The Balaban J connectivity index is 1.63. The fourth-order valence-corrected chi connectivity index (χ4v) is 8.81. The number of methoxy groups -OCH3 is 1. The molecule has 0 aromatic carbocycles. The fraction of sp³-hybridized carbons (Fsp3) is 0.676. The molecule has 1 N–H and O–H groups in total. The minimum absolute atomic E-state index is 0.00827. The molecule has 2 saturated heterocycles. The van der Waals surface area contributed by atoms with Crippen LogP contribution in [0.25, 0.3) is 11.3 Å². The highest BCUT2D eigenvalue weighted by Crippen LogP contribution is 2.48. The molecule has 4 rings (SSSR count). The van der Waals surface area contributed by atoms with Crippen LogP contribution in [0.1, 0.15) is 67.7 Å². The molecule has 0 spiro atoms. The number of aliphatic hydroxyl groups is 1. The van der Waals surface area contributed by atoms with Gasteiger partial charge in [0.05, 0.1) is 29.6 Å². The van der Waals surface area contributed by atoms with Gasteiger partial charge in [-0.05, 0) is 58.1 Å². The van der Waals surface area contributed by atoms with Gasteiger partial charge in [-0.1, -0.05) is 27.7 Å². The van der Waals surface area contributed by atoms with E-state index in [1.807, 2.05) is 57.5 Å². The van der Waals surface area contributed by atoms with Crippen molar-refractivity contribution in [1.82, 2.24) is 14.5 Å². The van der Waals surface area contributed by atoms with Crippen LogP contribution in [-0.2, 0) is 35.1 Å². The molecular weight excluding hydrogens is 594 g/mol. The van der Waals surface area contributed by atoms with Crippen molar-refractivity contribution < 1.29 is 33.7 Å². The first-order valence-corrected chi connectivity index (χ1v) is 17.0. The van der Waals surface area contributed by atoms with E-state index < -0.39 is 58.4 Å². The number of aliphatic hydroxyl groups excluding tert-OH is 1. The summed E-state index contributed by atoms with van der Waals surface area (Å²) >= 11 is 1.45. The van der Waals surface area contributed by atoms with Crippen molar-refractivity contribution in [2.75, 3.05) is 12.9 Å². The van der Waals surface area contributed by atoms with Gasteiger partial charge in [-0.2, -0.15) is 0 Å². The number of cyclic esters (lactones) is 1. The monoisotopic (exact) mass is 643 g/mol. The van der Waals surface area contributed by atoms with Gasteiger partial charge in [0, 0.05) is 61.3 Å². The minimum Gasteiger partial charge on any atom is -0.458 e. The molecule has 2 fully saturated rings. The van der Waals surface area contributed by atoms with Crippen LogP contribution in [0, 0.1) is 29.6 Å². The highest BCUT2D eigenvalue weighted by Gasteiger charge is 2.61. The third-order valence-electron chi connectivity index (χ3n) is 9.97. The Morgan fingerprint density at radius 2 is 1.84 bits per heavy atom. The van der Waals surface area contributed by atoms with Crippen LogP contribution in [0.3, 0.4) is 0 Å². The second kappa shape index (κ2) is 14.3. The number of ether oxygens (including phenoxy) is 3. The number of carbonyl (C=O) groups is 3. The lowest BCUT2D eigenvalue weighted by Gasteiger charge is -2.42. The molecule has 0 radical (unpaired) electrons. The van der Waals surface area contributed by atoms with Crippen LogP contribution >= 0.6 is 11.8 Å². The average Bonchev–Trinajstić information content (AvgIpc) is 3.60. The molecule has 10 nitrogen and oxygen atoms in total. The number of ketones is 1. The Labute approximate surface area is 271 Å². The number of imidazole rings is 1. The lowest BCUT2D eigenvalue weighted by molar-refractivity contribution is -0.186. The molecule has 2 aromatic rings. The van der Waals surface area contributed by atoms with E-state index in [9.17, 15) is 19.5 Å². The van der Waals surface area contributed by atoms with Gasteiger partial charge in [0.1, 0.15) is 17.1 Å². The van der Waals surface area contributed by atoms with Crippen LogP contribution in [0.15, 0.2) is 37.1 Å². The zero-order valence-corrected chi connectivity index (χ0v) is 28.6. The first-order valence-electron chi connectivity index (χ1n) is 16.0. The van der Waals surface area contributed by atoms with Crippen molar-refractivity contribution in [3.05, 3.63) is 37.1 Å². The first kappa shape index (κ1) is 35.1. The molecule has 2 aromatic heterocycles. The Kier molecular flexibility index (Phi) is 11.2. The zero-order chi connectivity index (χ0) is 33.1. The van der Waals surface area contributed by atoms with Crippen molar-refractivity contribution in [3.8, 4) is 11.3 Å². The number of hydrogen-bond donors (Lipinski definition) is 1. The summed E-state index contributed by atoms with van der Waals surface area (Å²) in [5.74, 6) is -2.96. The summed E-state index contributed by atoms with van der Waals surface area (Å²) in [6, 6.07) is 3.81. The maximum absolute atomic E-state index is 14.1. The fourth-order valence-electron chi connectivity index (χ4n) is 7.34. The van der Waals surface area contributed by atoms with E-state index in [2.05, 4.69) is 9.97 Å². The SMILES string of the molecule is CCC1OC(=O)C(C)C(O)C(C)CC(C)(OC)CC(C)C(=O)C(C)C2C(SCCn3cnc(-c4cccnc4)c3)C(=O)OC12C. The number of aromatic nitrogens is 3. The highest BCUT2D eigenvalue weighted by molar-refractivity contribution is 8.00. The minimum atomic E-state index is -1.23. The molecule has 45 heavy (non-hydrogen) atoms. The van der Waals surface area contributed by atoms with Gasteiger partial charge in [-0.25, -0.2) is 4.98 Å². The molecule has 248 valence electrons. The molecule has 0 saturated carbocycles. The normalized spacial score (nSPS) is 36.6. The third kappa shape index (κ3) is 7.46. The number of thioether (sulfide) groups is 1. The summed E-state index contributed by atoms with van der Waals surface area (Å²) in [5, 5.41) is 10.5. The average molecular weight is 644 g/mol. The Hall–Kier alpha value is -2.76. The Morgan fingerprint density at radius 3 is 2.49 bits per heavy atom. The quantitative estimate of drug-likeness (QED) is 0.413. The van der Waals surface area contributed by atoms with Crippen LogP contribution in [0.4, 0.5) is 0 Å². The summed E-state index contributed by atoms with van der Waals surface area (Å²) in [6.45, 7) is 13.5. The Bertz CT molecular complexity index is 1340. The number of aryl methyl sites for hydroxylation is 1. The van der Waals surface area contributed by atoms with E-state index in [1.165, 1.54) is 11.8 Å². The topological polar surface area (TPSA) is 130 Å². The van der Waals surface area contributed by atoms with E-state index in [0.29, 0.717) is 31.6 Å². The third-order valence-corrected chi connectivity index (χ3v) is 11.2. The van der Waals surface area contributed by atoms with Gasteiger partial charge in [-0.3, -0.25) is 19.4 Å². The van der Waals surface area contributed by atoms with Gasteiger partial charge in [0.2, 0.25) is 0 Å². The van der Waals surface area contributed by atoms with Crippen molar-refractivity contribution in [1.29, 1.82) is 0 Å². The number of rotatable bonds is 7. The van der Waals surface area contributed by atoms with Crippen LogP contribution in [-0.4, -0.2) is 78.9 Å². The predicted octanol–water partition coefficient (Wildman–Crippen LogP) is 4.97. The van der Waals surface area contributed by atoms with E-state index in [-0.39, 0.29) is 17.6 Å². The van der Waals surface area contributed by atoms with E-state index in [1.54, 1.807) is 39.7 Å². The molecule has 11 heteroatoms. The molecule has 0 aliphatic carbocycles. The number of pyridine rings is 1. The van der Waals surface area contributed by atoms with Crippen molar-refractivity contribution >= 4 is 29.5 Å². The lowest BCUT2D eigenvalue weighted by Crippen LogP contribution is -2.53. The maximum atomic E-state index is 14.1. The molecule has 10 atom stereocenters. The predicted molar refractivity (Wildman–Crippen MR) is 172 cm³/mol. The maximum Gasteiger partial charge on any atom is 0.320 e. The smallest absolute Gasteiger partial charge is 0.320 e. The molecule has 2 aliphatic heterocycles. The standard InChI is InChI=1S/C34H49N3O7S/c1-9-26-34(7)27(30(32(41)44-34)45-14-13-37-18-25(36-19-37)24-11-10-12-35-17-24)22(4)28(38)20(2)15-33(6,42-8)16-21(3)29(39)23(5)31(40)43-26/h10-12,17-23,26-27,29-30,39H,9,13-16H2,1-8H3. The molecule has 0 bridgehead atoms. The largest absolute Gasteiger partial charge is 0.458 e. The lowest BCUT2D eigenvalue weighted by atomic mass is 9.70. The van der Waals surface area contributed by atoms with Crippen molar-refractivity contribution in [2.45, 2.75) is 103 Å². The number of hydrogen-bond acceptors (Lipinski definition) is 10. The number of carbonyl (C=O) groups excluding carboxylic acids is 3. The summed E-state index contributed by atoms with van der Waals surface area (Å²) in [6.07, 6.45) is 6.70. The summed E-state index contributed by atoms with van der Waals surface area (Å²) in [7, 11) is 1.61. The van der Waals surface area contributed by atoms with Crippen molar-refractivity contribution in [3.63, 3.8) is 0 Å². The highest BCUT2D eigenvalue weighted by atomic mass is 32.2. The molecular formula is C34H49N3O7S. The van der Waals surface area contributed by atoms with Gasteiger partial charge < -0.3 is 23.9 Å². The van der Waals surface area contributed by atoms with E-state index >= 15 is 0 Å². The number of esters is 2. The summed E-state index contributed by atoms with van der Waals surface area (Å²) in [4.78, 5) is 49.8. The van der Waals surface area contributed by atoms with Gasteiger partial charge in [0.15, 0.2) is 5.60 Å². The van der Waals surface area contributed by atoms with Crippen LogP contribution < -0.4 is 0 Å². The second-order valence-corrected chi connectivity index (χ2v) is 14.7. The molecule has 0 amide bonds. The number of fused-ring (bicyclic) bond motifs is 1. The van der Waals surface area contributed by atoms with Crippen LogP contribution in [0.5, 0.6) is 0 Å². The van der Waals surface area contributed by atoms with E-state index in [4.69, 9.17) is 14.2 Å². The summed E-state index contributed by atoms with van der Waals surface area (Å²) < 4.78 is 20.1. The zero-order valence-electron chi connectivity index (χ0n) is 27.8. The molecule has 10 unspecified atom stereocenters. The van der Waals surface area contributed by atoms with Crippen LogP contribution in [0.2, 0.25) is 0 Å². The molecule has 2 aliphatic rings. The summed E-state index contributed by atoms with van der Waals surface area (Å²) in [5.41, 5.74) is -0.208.